The molecule has 0 saturated carbocycles. The van der Waals surface area contributed by atoms with Crippen molar-refractivity contribution in [3.8, 4) is 0 Å². The van der Waals surface area contributed by atoms with Crippen molar-refractivity contribution in [3.05, 3.63) is 12.7 Å². The van der Waals surface area contributed by atoms with Crippen LogP contribution < -0.4 is 27.0 Å². The summed E-state index contributed by atoms with van der Waals surface area (Å²) in [7, 11) is 0. The monoisotopic (exact) mass is 693 g/mol. The van der Waals surface area contributed by atoms with Crippen LogP contribution in [0.4, 0.5) is 5.82 Å². The Morgan fingerprint density at radius 3 is 2.58 bits per heavy atom. The highest BCUT2D eigenvalue weighted by Gasteiger charge is 2.44. The van der Waals surface area contributed by atoms with E-state index in [0.717, 1.165) is 0 Å². The summed E-state index contributed by atoms with van der Waals surface area (Å²) in [5, 5.41) is 49.2. The number of carbonyl (C=O) groups is 4. The number of nitrogens with zero attached hydrogens (tertiary/aromatic N) is 6. The van der Waals surface area contributed by atoms with Gasteiger partial charge in [0, 0.05) is 38.2 Å². The molecule has 1 saturated heterocycles. The molecule has 6 atom stereocenters. The molecule has 0 aliphatic carbocycles. The molecule has 48 heavy (non-hydrogen) atoms. The van der Waals surface area contributed by atoms with Gasteiger partial charge >= 0.3 is 5.97 Å². The molecular formula is C28H43N11O8S. The van der Waals surface area contributed by atoms with Gasteiger partial charge in [0.25, 0.3) is 0 Å². The van der Waals surface area contributed by atoms with Gasteiger partial charge in [0.05, 0.1) is 18.9 Å². The first kappa shape index (κ1) is 36.8. The van der Waals surface area contributed by atoms with E-state index in [0.29, 0.717) is 54.4 Å². The second-order valence-corrected chi connectivity index (χ2v) is 12.8. The topological polar surface area (TPSA) is 281 Å². The fraction of sp³-hybridized carbons (Fsp3) is 0.679. The standard InChI is InChI=1S/C28H43N11O8S/c1-3-30-25(44)16(36-18(40)5-7-28(2)37-38-28)11-19(41)31-8-4-9-32-23-20-24(34-13-33-23)39(14-35-20)26-22(43)21(42)17(47-26)12-48-10-6-15(29)27(45)46/h13-17,21-22,26,42-43H,3-12,29H2,1-2H3,(H,30,44)(H,31,41)(H,36,40)(H,45,46)(H,32,33,34)/t15-,16?,17+,21-,22?,26+/m0/s1. The summed E-state index contributed by atoms with van der Waals surface area (Å²) >= 11 is 1.37. The summed E-state index contributed by atoms with van der Waals surface area (Å²) in [5.41, 5.74) is 5.77. The Hall–Kier alpha value is -3.98. The Bertz CT molecular complexity index is 1470. The van der Waals surface area contributed by atoms with Crippen LogP contribution in [0.25, 0.3) is 11.2 Å². The van der Waals surface area contributed by atoms with Crippen molar-refractivity contribution in [2.75, 3.05) is 36.5 Å². The lowest BCUT2D eigenvalue weighted by atomic mass is 10.1. The van der Waals surface area contributed by atoms with Crippen molar-refractivity contribution < 1.29 is 39.2 Å². The number of nitrogens with two attached hydrogens (primary N) is 1. The minimum Gasteiger partial charge on any atom is -0.480 e. The van der Waals surface area contributed by atoms with Crippen LogP contribution in [0.1, 0.15) is 52.2 Å². The molecule has 2 aliphatic heterocycles. The van der Waals surface area contributed by atoms with Crippen LogP contribution in [-0.4, -0.2) is 126 Å². The maximum Gasteiger partial charge on any atom is 0.320 e. The van der Waals surface area contributed by atoms with Gasteiger partial charge in [0.15, 0.2) is 28.9 Å². The summed E-state index contributed by atoms with van der Waals surface area (Å²) in [6.45, 7) is 4.59. The number of ether oxygens (including phenoxy) is 1. The van der Waals surface area contributed by atoms with Gasteiger partial charge in [-0.15, -0.1) is 0 Å². The molecule has 3 amide bonds. The SMILES string of the molecule is CCNC(=O)C(CC(=O)NCCCNc1ncnc2c1ncn2[C@@H]1O[C@H](CSCC[C@H](N)C(=O)O)[C@H](O)C1O)NC(=O)CCC1(C)N=N1. The van der Waals surface area contributed by atoms with Crippen molar-refractivity contribution in [2.45, 2.75) is 88.2 Å². The number of thioether (sulfide) groups is 1. The van der Waals surface area contributed by atoms with E-state index in [-0.39, 0.29) is 31.7 Å². The van der Waals surface area contributed by atoms with E-state index < -0.39 is 60.1 Å². The van der Waals surface area contributed by atoms with Crippen LogP contribution in [0.3, 0.4) is 0 Å². The zero-order chi connectivity index (χ0) is 34.8. The average Bonchev–Trinajstić information content (AvgIpc) is 3.53. The summed E-state index contributed by atoms with van der Waals surface area (Å²) in [6.07, 6.45) is -0.265. The molecule has 2 aromatic heterocycles. The van der Waals surface area contributed by atoms with Crippen LogP contribution in [0.2, 0.25) is 0 Å². The van der Waals surface area contributed by atoms with E-state index in [9.17, 15) is 29.4 Å². The molecule has 2 unspecified atom stereocenters. The second kappa shape index (κ2) is 16.9. The van der Waals surface area contributed by atoms with Gasteiger partial charge in [-0.2, -0.15) is 22.0 Å². The van der Waals surface area contributed by atoms with Crippen LogP contribution in [0.5, 0.6) is 0 Å². The summed E-state index contributed by atoms with van der Waals surface area (Å²) in [5.74, 6) is -1.10. The van der Waals surface area contributed by atoms with E-state index in [1.807, 2.05) is 0 Å². The Kier molecular flexibility index (Phi) is 13.0. The van der Waals surface area contributed by atoms with Gasteiger partial charge in [0.1, 0.15) is 30.6 Å². The van der Waals surface area contributed by atoms with Crippen molar-refractivity contribution in [2.24, 2.45) is 16.0 Å². The molecule has 0 bridgehead atoms. The number of carboxylic acid groups (broad SMARTS) is 1. The fourth-order valence-corrected chi connectivity index (χ4v) is 5.98. The van der Waals surface area contributed by atoms with Gasteiger partial charge in [-0.1, -0.05) is 0 Å². The number of aliphatic hydroxyl groups excluding tert-OH is 2. The predicted octanol–water partition coefficient (Wildman–Crippen LogP) is -1.13. The highest BCUT2D eigenvalue weighted by molar-refractivity contribution is 7.99. The molecule has 2 aliphatic rings. The van der Waals surface area contributed by atoms with Gasteiger partial charge in [-0.25, -0.2) is 15.0 Å². The number of aromatic nitrogens is 4. The first-order valence-electron chi connectivity index (χ1n) is 15.7. The zero-order valence-electron chi connectivity index (χ0n) is 26.7. The number of hydrogen-bond donors (Lipinski definition) is 8. The molecule has 4 heterocycles. The van der Waals surface area contributed by atoms with Crippen molar-refractivity contribution in [3.63, 3.8) is 0 Å². The molecule has 2 aromatic rings. The molecule has 0 aromatic carbocycles. The third-order valence-corrected chi connectivity index (χ3v) is 8.86. The first-order chi connectivity index (χ1) is 22.9. The highest BCUT2D eigenvalue weighted by atomic mass is 32.2. The van der Waals surface area contributed by atoms with Gasteiger partial charge in [-0.05, 0) is 32.4 Å². The second-order valence-electron chi connectivity index (χ2n) is 11.7. The van der Waals surface area contributed by atoms with E-state index in [1.54, 1.807) is 13.8 Å². The zero-order valence-corrected chi connectivity index (χ0v) is 27.6. The smallest absolute Gasteiger partial charge is 0.320 e. The molecular weight excluding hydrogens is 650 g/mol. The Labute approximate surface area is 280 Å². The van der Waals surface area contributed by atoms with E-state index in [2.05, 4.69) is 46.4 Å². The van der Waals surface area contributed by atoms with Crippen molar-refractivity contribution >= 4 is 52.4 Å². The van der Waals surface area contributed by atoms with Crippen molar-refractivity contribution in [1.82, 2.24) is 35.5 Å². The van der Waals surface area contributed by atoms with Crippen molar-refractivity contribution in [1.29, 1.82) is 0 Å². The lowest BCUT2D eigenvalue weighted by molar-refractivity contribution is -0.138. The number of anilines is 1. The Morgan fingerprint density at radius 2 is 1.88 bits per heavy atom. The molecule has 0 radical (unpaired) electrons. The number of fused-ring (bicyclic) bond motifs is 1. The van der Waals surface area contributed by atoms with E-state index in [1.165, 1.54) is 29.0 Å². The van der Waals surface area contributed by atoms with Gasteiger partial charge in [0.2, 0.25) is 17.7 Å². The average molecular weight is 694 g/mol. The Morgan fingerprint density at radius 1 is 1.10 bits per heavy atom. The minimum atomic E-state index is -1.26. The number of nitrogens with one attached hydrogen (secondary N) is 4. The maximum atomic E-state index is 12.6. The minimum absolute atomic E-state index is 0.130. The summed E-state index contributed by atoms with van der Waals surface area (Å²) < 4.78 is 7.47. The fourth-order valence-electron chi connectivity index (χ4n) is 4.89. The number of aliphatic hydroxyl groups is 2. The predicted molar refractivity (Wildman–Crippen MR) is 173 cm³/mol. The third kappa shape index (κ3) is 10.0. The number of rotatable bonds is 20. The lowest BCUT2D eigenvalue weighted by Gasteiger charge is -2.18. The highest BCUT2D eigenvalue weighted by Crippen LogP contribution is 2.34. The molecule has 9 N–H and O–H groups in total. The van der Waals surface area contributed by atoms with Gasteiger partial charge < -0.3 is 47.1 Å². The van der Waals surface area contributed by atoms with Crippen LogP contribution in [0.15, 0.2) is 22.9 Å². The largest absolute Gasteiger partial charge is 0.480 e. The molecule has 20 heteroatoms. The number of amides is 3. The van der Waals surface area contributed by atoms with Gasteiger partial charge in [-0.3, -0.25) is 23.7 Å². The summed E-state index contributed by atoms with van der Waals surface area (Å²) in [6, 6.07) is -1.98. The quantitative estimate of drug-likeness (QED) is 0.0763. The number of carbonyl (C=O) groups excluding carboxylic acids is 3. The number of carboxylic acids is 1. The number of aliphatic carboxylic acids is 1. The molecule has 4 rings (SSSR count). The Balaban J connectivity index is 1.23. The van der Waals surface area contributed by atoms with Crippen LogP contribution in [-0.2, 0) is 23.9 Å². The molecule has 19 nitrogen and oxygen atoms in total. The molecule has 264 valence electrons. The molecule has 1 fully saturated rings. The summed E-state index contributed by atoms with van der Waals surface area (Å²) in [4.78, 5) is 61.3. The van der Waals surface area contributed by atoms with E-state index in [4.69, 9.17) is 15.6 Å². The lowest BCUT2D eigenvalue weighted by Crippen LogP contribution is -2.49. The number of likely N-dealkylation sites (N-methyl/N-ethyl adjacent to an activating group) is 1. The molecule has 0 spiro atoms. The third-order valence-electron chi connectivity index (χ3n) is 7.77. The maximum absolute atomic E-state index is 12.6. The normalized spacial score (nSPS) is 22.2. The number of imidazole rings is 1. The number of hydrogen-bond acceptors (Lipinski definition) is 15. The first-order valence-corrected chi connectivity index (χ1v) is 16.8. The van der Waals surface area contributed by atoms with Crippen LogP contribution in [0, 0.1) is 0 Å². The van der Waals surface area contributed by atoms with Crippen LogP contribution >= 0.6 is 11.8 Å². The van der Waals surface area contributed by atoms with E-state index >= 15 is 0 Å².